The van der Waals surface area contributed by atoms with Crippen molar-refractivity contribution in [1.29, 1.82) is 0 Å². The summed E-state index contributed by atoms with van der Waals surface area (Å²) in [4.78, 5) is 24.2. The van der Waals surface area contributed by atoms with Gasteiger partial charge in [-0.3, -0.25) is 4.79 Å². The Kier molecular flexibility index (Phi) is 5.25. The number of carbonyl (C=O) groups excluding carboxylic acids is 1. The van der Waals surface area contributed by atoms with Crippen molar-refractivity contribution in [2.75, 3.05) is 13.1 Å². The second-order valence-electron chi connectivity index (χ2n) is 8.44. The largest absolute Gasteiger partial charge is 0.352 e. The van der Waals surface area contributed by atoms with Gasteiger partial charge in [0.25, 0.3) is 0 Å². The van der Waals surface area contributed by atoms with Crippen LogP contribution >= 0.6 is 0 Å². The van der Waals surface area contributed by atoms with Crippen LogP contribution in [0.3, 0.4) is 0 Å². The lowest BCUT2D eigenvalue weighted by Crippen LogP contribution is -2.50. The fourth-order valence-corrected chi connectivity index (χ4v) is 3.83. The van der Waals surface area contributed by atoms with E-state index >= 15 is 0 Å². The van der Waals surface area contributed by atoms with Crippen LogP contribution in [0.4, 0.5) is 0 Å². The molecule has 0 aromatic heterocycles. The van der Waals surface area contributed by atoms with Gasteiger partial charge in [0.1, 0.15) is 6.04 Å². The second-order valence-corrected chi connectivity index (χ2v) is 8.44. The molecule has 0 spiro atoms. The average Bonchev–Trinajstić information content (AvgIpc) is 2.94. The molecule has 0 radical (unpaired) electrons. The van der Waals surface area contributed by atoms with Gasteiger partial charge in [-0.1, -0.05) is 19.0 Å². The van der Waals surface area contributed by atoms with Crippen molar-refractivity contribution < 1.29 is 4.79 Å². The van der Waals surface area contributed by atoms with Crippen LogP contribution in [0, 0.1) is 21.7 Å². The van der Waals surface area contributed by atoms with Crippen molar-refractivity contribution in [3.8, 4) is 0 Å². The van der Waals surface area contributed by atoms with Gasteiger partial charge in [0, 0.05) is 12.6 Å². The smallest absolute Gasteiger partial charge is 0.228 e. The fourth-order valence-electron chi connectivity index (χ4n) is 3.83. The van der Waals surface area contributed by atoms with E-state index in [1.54, 1.807) is 0 Å². The molecule has 1 saturated heterocycles. The summed E-state index contributed by atoms with van der Waals surface area (Å²) >= 11 is 0. The maximum absolute atomic E-state index is 12.7. The molecule has 1 aliphatic heterocycles. The van der Waals surface area contributed by atoms with E-state index in [1.165, 1.54) is 0 Å². The molecule has 2 unspecified atom stereocenters. The number of nitrogens with zero attached hydrogens (tertiary/aromatic N) is 1. The Labute approximate surface area is 134 Å². The van der Waals surface area contributed by atoms with E-state index in [0.717, 1.165) is 45.2 Å². The number of amides is 1. The van der Waals surface area contributed by atoms with Gasteiger partial charge in [-0.15, -0.1) is 0 Å². The van der Waals surface area contributed by atoms with Crippen LogP contribution in [0.5, 0.6) is 0 Å². The van der Waals surface area contributed by atoms with E-state index in [2.05, 4.69) is 29.7 Å². The van der Waals surface area contributed by atoms with Gasteiger partial charge in [-0.05, 0) is 63.8 Å². The van der Waals surface area contributed by atoms with Crippen molar-refractivity contribution in [1.82, 2.24) is 10.6 Å². The summed E-state index contributed by atoms with van der Waals surface area (Å²) in [5.41, 5.74) is -0.387. The normalized spacial score (nSPS) is 27.4. The third kappa shape index (κ3) is 3.86. The predicted molar refractivity (Wildman–Crippen MR) is 88.5 cm³/mol. The molecule has 2 N–H and O–H groups in total. The Morgan fingerprint density at radius 2 is 1.91 bits per heavy atom. The topological polar surface area (TPSA) is 70.6 Å². The quantitative estimate of drug-likeness (QED) is 0.767. The molecule has 2 rings (SSSR count). The zero-order chi connectivity index (χ0) is 16.4. The molecular weight excluding hydrogens is 278 g/mol. The molecule has 1 amide bonds. The van der Waals surface area contributed by atoms with Crippen molar-refractivity contribution in [2.45, 2.75) is 71.9 Å². The van der Waals surface area contributed by atoms with E-state index < -0.39 is 11.5 Å². The minimum atomic E-state index is -0.740. The molecule has 0 aromatic carbocycles. The fraction of sp³-hybridized carbons (Fsp3) is 0.941. The van der Waals surface area contributed by atoms with Gasteiger partial charge in [-0.2, -0.15) is 4.91 Å². The van der Waals surface area contributed by atoms with Gasteiger partial charge < -0.3 is 10.6 Å². The monoisotopic (exact) mass is 309 g/mol. The van der Waals surface area contributed by atoms with E-state index in [1.807, 2.05) is 13.8 Å². The molecule has 2 atom stereocenters. The van der Waals surface area contributed by atoms with Gasteiger partial charge >= 0.3 is 0 Å². The highest BCUT2D eigenvalue weighted by Gasteiger charge is 2.45. The summed E-state index contributed by atoms with van der Waals surface area (Å²) in [5, 5.41) is 9.73. The Hall–Kier alpha value is -0.970. The van der Waals surface area contributed by atoms with Gasteiger partial charge in [0.05, 0.1) is 5.41 Å². The Bertz CT molecular complexity index is 404. The summed E-state index contributed by atoms with van der Waals surface area (Å²) in [6.45, 7) is 10.1. The second kappa shape index (κ2) is 6.65. The van der Waals surface area contributed by atoms with E-state index in [9.17, 15) is 9.70 Å². The summed E-state index contributed by atoms with van der Waals surface area (Å²) < 4.78 is 0. The van der Waals surface area contributed by atoms with Crippen LogP contribution in [0.15, 0.2) is 5.18 Å². The molecule has 0 aromatic rings. The first-order chi connectivity index (χ1) is 10.3. The molecule has 2 fully saturated rings. The number of carbonyl (C=O) groups is 1. The standard InChI is InChI=1S/C17H31N3O2/c1-16(2)8-5-12(6-9-16)14(20-22)17(3,4)15(21)19-13-7-10-18-11-13/h12-14,18H,5-11H2,1-4H3,(H,19,21). The minimum absolute atomic E-state index is 0.0318. The highest BCUT2D eigenvalue weighted by molar-refractivity contribution is 5.83. The Morgan fingerprint density at radius 1 is 1.27 bits per heavy atom. The molecule has 1 heterocycles. The van der Waals surface area contributed by atoms with Crippen LogP contribution in [-0.2, 0) is 4.79 Å². The third-order valence-electron chi connectivity index (χ3n) is 5.66. The number of hydrogen-bond acceptors (Lipinski definition) is 4. The van der Waals surface area contributed by atoms with Crippen LogP contribution in [0.2, 0.25) is 0 Å². The number of rotatable bonds is 5. The molecule has 1 aliphatic carbocycles. The lowest BCUT2D eigenvalue weighted by molar-refractivity contribution is -0.132. The summed E-state index contributed by atoms with van der Waals surface area (Å²) in [6, 6.07) is -0.248. The maximum atomic E-state index is 12.7. The van der Waals surface area contributed by atoms with Crippen molar-refractivity contribution in [3.63, 3.8) is 0 Å². The van der Waals surface area contributed by atoms with Gasteiger partial charge in [0.15, 0.2) is 0 Å². The highest BCUT2D eigenvalue weighted by atomic mass is 16.3. The van der Waals surface area contributed by atoms with E-state index in [4.69, 9.17) is 0 Å². The van der Waals surface area contributed by atoms with Crippen LogP contribution < -0.4 is 10.6 Å². The highest BCUT2D eigenvalue weighted by Crippen LogP contribution is 2.43. The predicted octanol–water partition coefficient (Wildman–Crippen LogP) is 2.84. The van der Waals surface area contributed by atoms with Crippen molar-refractivity contribution in [2.24, 2.45) is 21.9 Å². The van der Waals surface area contributed by atoms with Crippen LogP contribution in [-0.4, -0.2) is 31.1 Å². The number of nitrogens with one attached hydrogen (secondary N) is 2. The van der Waals surface area contributed by atoms with E-state index in [0.29, 0.717) is 5.41 Å². The number of hydrogen-bond donors (Lipinski definition) is 2. The zero-order valence-corrected chi connectivity index (χ0v) is 14.4. The van der Waals surface area contributed by atoms with Crippen LogP contribution in [0.1, 0.15) is 59.8 Å². The molecule has 22 heavy (non-hydrogen) atoms. The SMILES string of the molecule is CC1(C)CCC(C(N=O)C(C)(C)C(=O)NC2CCNC2)CC1. The van der Waals surface area contributed by atoms with E-state index in [-0.39, 0.29) is 17.9 Å². The molecule has 0 bridgehead atoms. The third-order valence-corrected chi connectivity index (χ3v) is 5.66. The first-order valence-electron chi connectivity index (χ1n) is 8.60. The van der Waals surface area contributed by atoms with Gasteiger partial charge in [0.2, 0.25) is 5.91 Å². The molecule has 5 nitrogen and oxygen atoms in total. The average molecular weight is 309 g/mol. The lowest BCUT2D eigenvalue weighted by atomic mass is 9.66. The minimum Gasteiger partial charge on any atom is -0.352 e. The number of nitroso groups, excluding NO2 is 1. The van der Waals surface area contributed by atoms with Gasteiger partial charge in [-0.25, -0.2) is 0 Å². The first kappa shape index (κ1) is 17.4. The Morgan fingerprint density at radius 3 is 2.41 bits per heavy atom. The molecule has 5 heteroatoms. The summed E-state index contributed by atoms with van der Waals surface area (Å²) in [5.74, 6) is 0.198. The lowest BCUT2D eigenvalue weighted by Gasteiger charge is -2.40. The Balaban J connectivity index is 2.01. The molecule has 2 aliphatic rings. The maximum Gasteiger partial charge on any atom is 0.228 e. The molecular formula is C17H31N3O2. The summed E-state index contributed by atoms with van der Waals surface area (Å²) in [7, 11) is 0. The molecule has 126 valence electrons. The molecule has 1 saturated carbocycles. The van der Waals surface area contributed by atoms with Crippen molar-refractivity contribution >= 4 is 5.91 Å². The summed E-state index contributed by atoms with van der Waals surface area (Å²) in [6.07, 6.45) is 5.15. The zero-order valence-electron chi connectivity index (χ0n) is 14.4. The van der Waals surface area contributed by atoms with Crippen LogP contribution in [0.25, 0.3) is 0 Å². The first-order valence-corrected chi connectivity index (χ1v) is 8.60. The van der Waals surface area contributed by atoms with Crippen molar-refractivity contribution in [3.05, 3.63) is 4.91 Å².